The zero-order valence-electron chi connectivity index (χ0n) is 13.6. The van der Waals surface area contributed by atoms with Crippen LogP contribution < -0.4 is 5.32 Å². The summed E-state index contributed by atoms with van der Waals surface area (Å²) < 4.78 is 5.07. The second kappa shape index (κ2) is 7.93. The Bertz CT molecular complexity index is 789. The van der Waals surface area contributed by atoms with Crippen molar-refractivity contribution in [3.63, 3.8) is 0 Å². The van der Waals surface area contributed by atoms with E-state index >= 15 is 0 Å². The van der Waals surface area contributed by atoms with E-state index in [9.17, 15) is 9.59 Å². The summed E-state index contributed by atoms with van der Waals surface area (Å²) >= 11 is 0. The first kappa shape index (κ1) is 17.2. The third-order valence-corrected chi connectivity index (χ3v) is 3.68. The van der Waals surface area contributed by atoms with E-state index in [0.29, 0.717) is 17.7 Å². The van der Waals surface area contributed by atoms with Crippen molar-refractivity contribution in [1.29, 1.82) is 5.26 Å². The maximum absolute atomic E-state index is 12.1. The normalized spacial score (nSPS) is 9.88. The first-order valence-corrected chi connectivity index (χ1v) is 7.50. The van der Waals surface area contributed by atoms with Gasteiger partial charge in [0.25, 0.3) is 5.91 Å². The number of aryl methyl sites for hydroxylation is 1. The highest BCUT2D eigenvalue weighted by atomic mass is 16.5. The van der Waals surface area contributed by atoms with Gasteiger partial charge in [-0.15, -0.1) is 0 Å². The number of hydrogen-bond acceptors (Lipinski definition) is 4. The molecule has 2 rings (SSSR count). The monoisotopic (exact) mass is 322 g/mol. The standard InChI is InChI=1S/C19H18N2O3/c1-13-4-3-5-17(14(13)2)19(23)24-12-18(22)21-16-8-6-15(7-9-16)10-11-20/h3-9H,10,12H2,1-2H3,(H,21,22). The number of nitrogens with zero attached hydrogens (tertiary/aromatic N) is 1. The van der Waals surface area contributed by atoms with Gasteiger partial charge in [0.05, 0.1) is 18.1 Å². The Morgan fingerprint density at radius 2 is 1.83 bits per heavy atom. The number of amides is 1. The minimum atomic E-state index is -0.518. The van der Waals surface area contributed by atoms with Gasteiger partial charge in [0.2, 0.25) is 0 Å². The average molecular weight is 322 g/mol. The van der Waals surface area contributed by atoms with Crippen molar-refractivity contribution < 1.29 is 14.3 Å². The van der Waals surface area contributed by atoms with E-state index in [0.717, 1.165) is 16.7 Å². The minimum Gasteiger partial charge on any atom is -0.452 e. The summed E-state index contributed by atoms with van der Waals surface area (Å²) in [5, 5.41) is 11.3. The summed E-state index contributed by atoms with van der Waals surface area (Å²) in [5.74, 6) is -0.933. The van der Waals surface area contributed by atoms with Crippen LogP contribution in [0.1, 0.15) is 27.0 Å². The molecule has 0 heterocycles. The van der Waals surface area contributed by atoms with Gasteiger partial charge < -0.3 is 10.1 Å². The van der Waals surface area contributed by atoms with Crippen LogP contribution in [0, 0.1) is 25.2 Å². The van der Waals surface area contributed by atoms with Gasteiger partial charge >= 0.3 is 5.97 Å². The van der Waals surface area contributed by atoms with Crippen molar-refractivity contribution in [3.8, 4) is 6.07 Å². The number of carbonyl (C=O) groups excluding carboxylic acids is 2. The fourth-order valence-electron chi connectivity index (χ4n) is 2.18. The van der Waals surface area contributed by atoms with Gasteiger partial charge in [-0.05, 0) is 48.7 Å². The molecule has 0 saturated heterocycles. The topological polar surface area (TPSA) is 79.2 Å². The minimum absolute atomic E-state index is 0.321. The first-order valence-electron chi connectivity index (χ1n) is 7.50. The molecule has 5 heteroatoms. The van der Waals surface area contributed by atoms with Crippen LogP contribution in [0.5, 0.6) is 0 Å². The number of anilines is 1. The molecule has 2 aromatic carbocycles. The number of nitriles is 1. The lowest BCUT2D eigenvalue weighted by Crippen LogP contribution is -2.21. The Hall–Kier alpha value is -3.13. The second-order valence-corrected chi connectivity index (χ2v) is 5.40. The van der Waals surface area contributed by atoms with Gasteiger partial charge in [0.1, 0.15) is 0 Å². The zero-order chi connectivity index (χ0) is 17.5. The van der Waals surface area contributed by atoms with E-state index in [-0.39, 0.29) is 6.61 Å². The van der Waals surface area contributed by atoms with Crippen molar-refractivity contribution in [2.45, 2.75) is 20.3 Å². The summed E-state index contributed by atoms with van der Waals surface area (Å²) in [6.45, 7) is 3.40. The molecule has 1 N–H and O–H groups in total. The molecule has 0 unspecified atom stereocenters. The molecule has 0 fully saturated rings. The highest BCUT2D eigenvalue weighted by Crippen LogP contribution is 2.14. The maximum Gasteiger partial charge on any atom is 0.338 e. The Labute approximate surface area is 140 Å². The fourth-order valence-corrected chi connectivity index (χ4v) is 2.18. The van der Waals surface area contributed by atoms with Crippen LogP contribution >= 0.6 is 0 Å². The van der Waals surface area contributed by atoms with Crippen LogP contribution in [0.2, 0.25) is 0 Å². The van der Waals surface area contributed by atoms with Gasteiger partial charge in [0.15, 0.2) is 6.61 Å². The number of hydrogen-bond donors (Lipinski definition) is 1. The Morgan fingerprint density at radius 3 is 2.50 bits per heavy atom. The summed E-state index contributed by atoms with van der Waals surface area (Å²) in [6, 6.07) is 14.4. The molecule has 0 radical (unpaired) electrons. The van der Waals surface area contributed by atoms with Crippen molar-refractivity contribution in [2.24, 2.45) is 0 Å². The summed E-state index contributed by atoms with van der Waals surface area (Å²) in [4.78, 5) is 23.9. The van der Waals surface area contributed by atoms with Gasteiger partial charge in [-0.1, -0.05) is 24.3 Å². The molecule has 0 aromatic heterocycles. The molecule has 122 valence electrons. The lowest BCUT2D eigenvalue weighted by atomic mass is 10.0. The van der Waals surface area contributed by atoms with E-state index in [4.69, 9.17) is 10.00 Å². The van der Waals surface area contributed by atoms with Gasteiger partial charge in [-0.2, -0.15) is 5.26 Å². The molecule has 0 aliphatic carbocycles. The first-order chi connectivity index (χ1) is 11.5. The van der Waals surface area contributed by atoms with Crippen LogP contribution in [-0.2, 0) is 16.0 Å². The zero-order valence-corrected chi connectivity index (χ0v) is 13.6. The lowest BCUT2D eigenvalue weighted by Gasteiger charge is -2.09. The van der Waals surface area contributed by atoms with Crippen LogP contribution in [0.25, 0.3) is 0 Å². The molecular formula is C19H18N2O3. The van der Waals surface area contributed by atoms with Crippen molar-refractivity contribution in [3.05, 3.63) is 64.7 Å². The number of benzene rings is 2. The number of ether oxygens (including phenoxy) is 1. The molecule has 1 amide bonds. The quantitative estimate of drug-likeness (QED) is 0.858. The number of esters is 1. The highest BCUT2D eigenvalue weighted by Gasteiger charge is 2.13. The van der Waals surface area contributed by atoms with E-state index < -0.39 is 11.9 Å². The second-order valence-electron chi connectivity index (χ2n) is 5.40. The van der Waals surface area contributed by atoms with E-state index in [2.05, 4.69) is 11.4 Å². The number of carbonyl (C=O) groups is 2. The third-order valence-electron chi connectivity index (χ3n) is 3.68. The van der Waals surface area contributed by atoms with Gasteiger partial charge in [0, 0.05) is 5.69 Å². The molecule has 2 aromatic rings. The Balaban J connectivity index is 1.90. The molecular weight excluding hydrogens is 304 g/mol. The van der Waals surface area contributed by atoms with Gasteiger partial charge in [-0.25, -0.2) is 4.79 Å². The summed E-state index contributed by atoms with van der Waals surface area (Å²) in [5.41, 5.74) is 3.76. The predicted molar refractivity (Wildman–Crippen MR) is 90.6 cm³/mol. The molecule has 0 spiro atoms. The maximum atomic E-state index is 12.1. The molecule has 0 atom stereocenters. The predicted octanol–water partition coefficient (Wildman–Crippen LogP) is 3.17. The van der Waals surface area contributed by atoms with Crippen LogP contribution in [-0.4, -0.2) is 18.5 Å². The molecule has 24 heavy (non-hydrogen) atoms. The van der Waals surface area contributed by atoms with E-state index in [1.165, 1.54) is 0 Å². The lowest BCUT2D eigenvalue weighted by molar-refractivity contribution is -0.119. The third kappa shape index (κ3) is 4.43. The SMILES string of the molecule is Cc1cccc(C(=O)OCC(=O)Nc2ccc(CC#N)cc2)c1C. The van der Waals surface area contributed by atoms with Crippen molar-refractivity contribution in [1.82, 2.24) is 0 Å². The summed E-state index contributed by atoms with van der Waals surface area (Å²) in [7, 11) is 0. The van der Waals surface area contributed by atoms with Crippen molar-refractivity contribution >= 4 is 17.6 Å². The smallest absolute Gasteiger partial charge is 0.338 e. The Morgan fingerprint density at radius 1 is 1.12 bits per heavy atom. The molecule has 0 aliphatic heterocycles. The number of nitrogens with one attached hydrogen (secondary N) is 1. The Kier molecular flexibility index (Phi) is 5.69. The fraction of sp³-hybridized carbons (Fsp3) is 0.211. The average Bonchev–Trinajstić information content (AvgIpc) is 2.57. The highest BCUT2D eigenvalue weighted by molar-refractivity contribution is 5.96. The molecule has 0 aliphatic rings. The molecule has 5 nitrogen and oxygen atoms in total. The van der Waals surface area contributed by atoms with Crippen molar-refractivity contribution in [2.75, 3.05) is 11.9 Å². The molecule has 0 saturated carbocycles. The largest absolute Gasteiger partial charge is 0.452 e. The molecule has 0 bridgehead atoms. The summed E-state index contributed by atoms with van der Waals surface area (Å²) in [6.07, 6.45) is 0.321. The van der Waals surface area contributed by atoms with Gasteiger partial charge in [-0.3, -0.25) is 4.79 Å². The van der Waals surface area contributed by atoms with E-state index in [1.807, 2.05) is 19.9 Å². The van der Waals surface area contributed by atoms with Crippen LogP contribution in [0.15, 0.2) is 42.5 Å². The van der Waals surface area contributed by atoms with E-state index in [1.54, 1.807) is 36.4 Å². The van der Waals surface area contributed by atoms with Crippen LogP contribution in [0.3, 0.4) is 0 Å². The van der Waals surface area contributed by atoms with Crippen LogP contribution in [0.4, 0.5) is 5.69 Å². The number of rotatable bonds is 5.